The predicted molar refractivity (Wildman–Crippen MR) is 281 cm³/mol. The first-order valence-corrected chi connectivity index (χ1v) is 25.9. The zero-order valence-electron chi connectivity index (χ0n) is 46.1. The van der Waals surface area contributed by atoms with Gasteiger partial charge in [-0.2, -0.15) is 26.3 Å². The number of rotatable bonds is 8. The zero-order chi connectivity index (χ0) is 58.2. The van der Waals surface area contributed by atoms with Gasteiger partial charge in [0.15, 0.2) is 29.4 Å². The summed E-state index contributed by atoms with van der Waals surface area (Å²) in [6.45, 7) is 24.6. The van der Waals surface area contributed by atoms with Gasteiger partial charge in [0.05, 0.1) is 32.4 Å². The van der Waals surface area contributed by atoms with Gasteiger partial charge in [-0.15, -0.1) is 0 Å². The van der Waals surface area contributed by atoms with Crippen molar-refractivity contribution in [1.29, 1.82) is 0 Å². The molecule has 10 nitrogen and oxygen atoms in total. The van der Waals surface area contributed by atoms with Gasteiger partial charge in [0.25, 0.3) is 0 Å². The number of hydrogen-bond donors (Lipinski definition) is 5. The van der Waals surface area contributed by atoms with E-state index in [1.807, 2.05) is 20.8 Å². The summed E-state index contributed by atoms with van der Waals surface area (Å²) in [5.41, 5.74) is -2.62. The molecule has 0 bridgehead atoms. The van der Waals surface area contributed by atoms with Crippen LogP contribution in [0.15, 0.2) is 69.6 Å². The maximum absolute atomic E-state index is 14.3. The van der Waals surface area contributed by atoms with Crippen LogP contribution in [0.1, 0.15) is 125 Å². The topological polar surface area (TPSA) is 163 Å². The van der Waals surface area contributed by atoms with Gasteiger partial charge in [-0.3, -0.25) is 9.00 Å². The number of ether oxygens (including phenoxy) is 2. The maximum atomic E-state index is 14.3. The normalized spacial score (nSPS) is 11.7. The van der Waals surface area contributed by atoms with Crippen molar-refractivity contribution in [3.05, 3.63) is 115 Å². The van der Waals surface area contributed by atoms with Crippen LogP contribution in [-0.4, -0.2) is 83.7 Å². The summed E-state index contributed by atoms with van der Waals surface area (Å²) in [5.74, 6) is -5.76. The first-order chi connectivity index (χ1) is 32.8. The van der Waals surface area contributed by atoms with Gasteiger partial charge >= 0.3 is 41.9 Å². The van der Waals surface area contributed by atoms with E-state index in [-0.39, 0.29) is 129 Å². The molecule has 4 aromatic carbocycles. The van der Waals surface area contributed by atoms with E-state index in [0.717, 1.165) is 24.3 Å². The molecule has 0 aromatic heterocycles. The van der Waals surface area contributed by atoms with Crippen LogP contribution in [0.5, 0.6) is 23.0 Å². The summed E-state index contributed by atoms with van der Waals surface area (Å²) >= 11 is 5.81. The molecule has 0 saturated carbocycles. The second-order valence-corrected chi connectivity index (χ2v) is 24.0. The van der Waals surface area contributed by atoms with Crippen LogP contribution >= 0.6 is 31.9 Å². The minimum absolute atomic E-state index is 0. The molecule has 0 aliphatic carbocycles. The van der Waals surface area contributed by atoms with E-state index in [4.69, 9.17) is 29.9 Å². The predicted octanol–water partition coefficient (Wildman–Crippen LogP) is 10.9. The van der Waals surface area contributed by atoms with Crippen molar-refractivity contribution >= 4 is 68.3 Å². The average molecular weight is 1310 g/mol. The van der Waals surface area contributed by atoms with Gasteiger partial charge in [0.2, 0.25) is 0 Å². The van der Waals surface area contributed by atoms with Gasteiger partial charge in [-0.1, -0.05) is 31.9 Å². The van der Waals surface area contributed by atoms with Gasteiger partial charge in [-0.25, -0.2) is 26.5 Å². The van der Waals surface area contributed by atoms with Crippen LogP contribution in [0, 0.1) is 23.3 Å². The van der Waals surface area contributed by atoms with Crippen molar-refractivity contribution in [1.82, 2.24) is 4.72 Å². The summed E-state index contributed by atoms with van der Waals surface area (Å²) in [4.78, 5) is 10.5. The molecule has 0 amide bonds. The van der Waals surface area contributed by atoms with Crippen LogP contribution in [-0.2, 0) is 62.4 Å². The average Bonchev–Trinajstić information content (AvgIpc) is 3.17. The maximum Gasteiger partial charge on any atom is 1.00 e. The monoisotopic (exact) mass is 1310 g/mol. The minimum atomic E-state index is -4.62. The molecular weight excluding hydrogens is 1240 g/mol. The fraction of sp³-hybridized carbons (Fsp3) is 0.490. The quantitative estimate of drug-likeness (QED) is 0.0657. The van der Waals surface area contributed by atoms with E-state index < -0.39 is 90.3 Å². The fourth-order valence-corrected chi connectivity index (χ4v) is 5.34. The number of carbonyl (C=O) groups excluding carboxylic acids is 1. The second-order valence-electron chi connectivity index (χ2n) is 18.0. The Morgan fingerprint density at radius 3 is 1.16 bits per heavy atom. The van der Waals surface area contributed by atoms with E-state index in [0.29, 0.717) is 24.3 Å². The smallest absolute Gasteiger partial charge is 1.00 e. The van der Waals surface area contributed by atoms with E-state index in [2.05, 4.69) is 36.6 Å². The molecule has 76 heavy (non-hydrogen) atoms. The van der Waals surface area contributed by atoms with Gasteiger partial charge in [0.1, 0.15) is 23.1 Å². The molecule has 5 N–H and O–H groups in total. The third-order valence-corrected chi connectivity index (χ3v) is 11.1. The van der Waals surface area contributed by atoms with Crippen LogP contribution in [0.4, 0.5) is 43.9 Å². The molecule has 0 aliphatic rings. The van der Waals surface area contributed by atoms with Crippen molar-refractivity contribution < 1.29 is 140 Å². The minimum Gasteiger partial charge on any atom is -1.00 e. The summed E-state index contributed by atoms with van der Waals surface area (Å²) in [5, 5.41) is 32.2. The fourth-order valence-electron chi connectivity index (χ4n) is 3.68. The molecule has 0 saturated heterocycles. The third-order valence-electron chi connectivity index (χ3n) is 6.94. The molecule has 4 rings (SSSR count). The van der Waals surface area contributed by atoms with Crippen LogP contribution in [0.2, 0.25) is 0 Å². The molecule has 4 aromatic rings. The Morgan fingerprint density at radius 1 is 0.579 bits per heavy atom. The molecule has 3 radical (unpaired) electrons. The van der Waals surface area contributed by atoms with Crippen molar-refractivity contribution in [3.8, 4) is 23.0 Å². The van der Waals surface area contributed by atoms with Gasteiger partial charge in [0, 0.05) is 110 Å². The Morgan fingerprint density at radius 2 is 0.882 bits per heavy atom. The van der Waals surface area contributed by atoms with Gasteiger partial charge in [-0.05, 0) is 145 Å². The summed E-state index contributed by atoms with van der Waals surface area (Å²) < 4.78 is 167. The number of hydrogen-bond acceptors (Lipinski definition) is 9. The standard InChI is InChI=1S/C18H17BrF5NO2S.C14H6BrF5O2.C5H12OS.4C3H8O.B.Na.Ti.H/c1-17(2,3)28(26)25-9-10-4-15(21)16(8-14(10)20)27-13-6-11(18(22,23)24)5-12(19)7-13;15-9-2-8(14(18,19)20)3-10(4-9)22-13-5-11(16)7(6-21)1-12(13)17;1-5(2,3)7(4)6;4*1-3(2)4;;;;/h4-8,25H,9H2,1-3H3;1-6H;1-4H3;4*3-4H,1-2H3;;;;/q;;;;;;;;+1;;-1. The van der Waals surface area contributed by atoms with Crippen LogP contribution in [0.25, 0.3) is 0 Å². The molecule has 2 atom stereocenters. The van der Waals surface area contributed by atoms with Crippen molar-refractivity contribution in [3.63, 3.8) is 0 Å². The largest absolute Gasteiger partial charge is 1.00 e. The van der Waals surface area contributed by atoms with E-state index >= 15 is 0 Å². The van der Waals surface area contributed by atoms with E-state index in [1.54, 1.807) is 82.4 Å². The van der Waals surface area contributed by atoms with Gasteiger partial charge < -0.3 is 31.3 Å². The summed E-state index contributed by atoms with van der Waals surface area (Å²) in [6, 6.07) is 8.13. The number of aldehydes is 1. The number of nitrogens with one attached hydrogen (secondary N) is 1. The van der Waals surface area contributed by atoms with E-state index in [1.165, 1.54) is 12.1 Å². The molecule has 2 unspecified atom stereocenters. The molecule has 427 valence electrons. The first-order valence-electron chi connectivity index (χ1n) is 21.6. The van der Waals surface area contributed by atoms with Crippen molar-refractivity contribution in [2.45, 2.75) is 150 Å². The molecule has 27 heteroatoms. The molecule has 0 spiro atoms. The molecular formula is C49H68BBr2F10NNaO9S2Ti. The third kappa shape index (κ3) is 42.2. The Kier molecular flexibility index (Phi) is 45.6. The Hall–Kier alpha value is -1.71. The number of carbonyl (C=O) groups is 1. The number of aliphatic hydroxyl groups is 4. The molecule has 0 aliphatic heterocycles. The number of benzene rings is 4. The Bertz CT molecular complexity index is 2320. The number of alkyl halides is 6. The van der Waals surface area contributed by atoms with Crippen LogP contribution in [0.3, 0.4) is 0 Å². The van der Waals surface area contributed by atoms with Crippen LogP contribution < -0.4 is 43.8 Å². The summed E-state index contributed by atoms with van der Waals surface area (Å²) in [7, 11) is -2.17. The Balaban J connectivity index is -0.000000176. The SMILES string of the molecule is CC(C)(C)S(=O)NCc1cc(F)c(Oc2cc(Br)cc(C(F)(F)F)c2)cc1F.CC(C)O.CC(C)O.CC(C)O.CC(C)O.CS(=O)C(C)(C)C.O=Cc1cc(F)c(Oc2cc(Br)cc(C(F)(F)F)c2)cc1F.[B].[H-].[Na+].[Ti]. The summed E-state index contributed by atoms with van der Waals surface area (Å²) in [6.07, 6.45) is -8.07. The van der Waals surface area contributed by atoms with E-state index in [9.17, 15) is 57.1 Å². The van der Waals surface area contributed by atoms with Crippen molar-refractivity contribution in [2.75, 3.05) is 6.26 Å². The van der Waals surface area contributed by atoms with Crippen molar-refractivity contribution in [2.24, 2.45) is 0 Å². The zero-order valence-corrected chi connectivity index (χ0v) is 53.5. The number of aliphatic hydroxyl groups excluding tert-OH is 4. The second kappa shape index (κ2) is 40.5. The first kappa shape index (κ1) is 85.6. The molecule has 0 heterocycles. The Labute approximate surface area is 502 Å². The number of halogens is 12. The molecule has 0 fully saturated rings.